The van der Waals surface area contributed by atoms with Gasteiger partial charge in [0.2, 0.25) is 10.0 Å². The summed E-state index contributed by atoms with van der Waals surface area (Å²) in [6.45, 7) is 3.12. The van der Waals surface area contributed by atoms with Crippen LogP contribution in [0.2, 0.25) is 0 Å². The normalized spacial score (nSPS) is 11.9. The Kier molecular flexibility index (Phi) is 5.60. The molecule has 2 heterocycles. The minimum atomic E-state index is -3.67. The molecule has 1 N–H and O–H groups in total. The van der Waals surface area contributed by atoms with Gasteiger partial charge >= 0.3 is 0 Å². The highest BCUT2D eigenvalue weighted by molar-refractivity contribution is 7.93. The zero-order valence-electron chi connectivity index (χ0n) is 18.7. The fourth-order valence-corrected chi connectivity index (χ4v) is 4.38. The number of fused-ring (bicyclic) bond motifs is 1. The zero-order chi connectivity index (χ0) is 24.7. The van der Waals surface area contributed by atoms with Crippen LogP contribution in [-0.2, 0) is 10.0 Å². The van der Waals surface area contributed by atoms with Gasteiger partial charge < -0.3 is 4.42 Å². The first-order valence-corrected chi connectivity index (χ1v) is 12.2. The minimum Gasteiger partial charge on any atom is -0.444 e. The second-order valence-electron chi connectivity index (χ2n) is 8.27. The Bertz CT molecular complexity index is 1650. The number of hydrogen-bond acceptors (Lipinski definition) is 5. The Hall–Kier alpha value is -4.05. The van der Waals surface area contributed by atoms with E-state index in [2.05, 4.69) is 14.7 Å². The first-order valence-electron chi connectivity index (χ1n) is 10.7. The number of rotatable bonds is 6. The molecule has 0 fully saturated rings. The lowest BCUT2D eigenvalue weighted by molar-refractivity contribution is 0.572. The number of hydrogen-bond donors (Lipinski definition) is 1. The van der Waals surface area contributed by atoms with Crippen molar-refractivity contribution in [1.82, 2.24) is 14.5 Å². The van der Waals surface area contributed by atoms with Gasteiger partial charge in [0.15, 0.2) is 12.2 Å². The maximum Gasteiger partial charge on any atom is 0.235 e. The van der Waals surface area contributed by atoms with Crippen LogP contribution in [-0.4, -0.2) is 28.2 Å². The number of imidazole rings is 1. The highest BCUT2D eigenvalue weighted by atomic mass is 32.2. The van der Waals surface area contributed by atoms with Crippen LogP contribution in [0.1, 0.15) is 13.8 Å². The Balaban J connectivity index is 1.66. The van der Waals surface area contributed by atoms with Gasteiger partial charge in [0.1, 0.15) is 18.0 Å². The van der Waals surface area contributed by atoms with Crippen molar-refractivity contribution in [2.75, 3.05) is 4.72 Å². The van der Waals surface area contributed by atoms with Gasteiger partial charge in [-0.2, -0.15) is 0 Å². The summed E-state index contributed by atoms with van der Waals surface area (Å²) in [5.74, 6) is -0.862. The number of nitrogens with zero attached hydrogens (tertiary/aromatic N) is 3. The lowest BCUT2D eigenvalue weighted by Gasteiger charge is -2.15. The van der Waals surface area contributed by atoms with Crippen molar-refractivity contribution < 1.29 is 21.6 Å². The molecule has 0 unspecified atom stereocenters. The third-order valence-electron chi connectivity index (χ3n) is 5.58. The Morgan fingerprint density at radius 1 is 1.00 bits per heavy atom. The van der Waals surface area contributed by atoms with Crippen molar-refractivity contribution in [3.05, 3.63) is 85.1 Å². The fourth-order valence-electron chi connectivity index (χ4n) is 3.70. The number of sulfonamides is 1. The molecule has 0 saturated heterocycles. The van der Waals surface area contributed by atoms with Crippen LogP contribution in [0.4, 0.5) is 14.5 Å². The summed E-state index contributed by atoms with van der Waals surface area (Å²) >= 11 is 0. The van der Waals surface area contributed by atoms with Gasteiger partial charge in [-0.1, -0.05) is 0 Å². The number of aromatic nitrogens is 3. The number of nitrogens with one attached hydrogen (secondary N) is 1. The summed E-state index contributed by atoms with van der Waals surface area (Å²) in [7, 11) is -3.67. The monoisotopic (exact) mass is 494 g/mol. The van der Waals surface area contributed by atoms with E-state index in [-0.39, 0.29) is 11.3 Å². The molecule has 0 aliphatic heterocycles. The summed E-state index contributed by atoms with van der Waals surface area (Å²) in [5, 5.41) is -0.680. The Labute approximate surface area is 200 Å². The van der Waals surface area contributed by atoms with Gasteiger partial charge in [-0.15, -0.1) is 0 Å². The highest BCUT2D eigenvalue weighted by Crippen LogP contribution is 2.32. The molecule has 0 aliphatic rings. The number of halogens is 2. The highest BCUT2D eigenvalue weighted by Gasteiger charge is 2.18. The molecule has 178 valence electrons. The van der Waals surface area contributed by atoms with Crippen molar-refractivity contribution in [1.29, 1.82) is 0 Å². The van der Waals surface area contributed by atoms with Gasteiger partial charge in [-0.25, -0.2) is 27.2 Å². The number of benzene rings is 3. The molecule has 0 spiro atoms. The Morgan fingerprint density at radius 2 is 1.83 bits per heavy atom. The van der Waals surface area contributed by atoms with Crippen LogP contribution < -0.4 is 4.72 Å². The molecule has 3 aromatic carbocycles. The maximum absolute atomic E-state index is 14.6. The second kappa shape index (κ2) is 8.62. The van der Waals surface area contributed by atoms with Crippen LogP contribution in [0, 0.1) is 11.6 Å². The molecule has 10 heteroatoms. The van der Waals surface area contributed by atoms with Crippen LogP contribution in [0.5, 0.6) is 0 Å². The first-order chi connectivity index (χ1) is 16.7. The maximum atomic E-state index is 14.6. The van der Waals surface area contributed by atoms with E-state index < -0.39 is 26.9 Å². The molecule has 0 bridgehead atoms. The summed E-state index contributed by atoms with van der Waals surface area (Å²) in [6.07, 6.45) is 4.54. The van der Waals surface area contributed by atoms with Crippen molar-refractivity contribution in [3.8, 4) is 28.1 Å². The first kappa shape index (κ1) is 22.7. The molecule has 0 amide bonds. The quantitative estimate of drug-likeness (QED) is 0.323. The summed E-state index contributed by atoms with van der Waals surface area (Å²) < 4.78 is 62.9. The summed E-state index contributed by atoms with van der Waals surface area (Å²) in [6, 6.07) is 13.7. The minimum absolute atomic E-state index is 0.135. The smallest absolute Gasteiger partial charge is 0.235 e. The third-order valence-corrected chi connectivity index (χ3v) is 7.34. The lowest BCUT2D eigenvalue weighted by Crippen LogP contribution is -2.22. The molecule has 5 aromatic rings. The molecular weight excluding hydrogens is 474 g/mol. The molecule has 0 atom stereocenters. The molecule has 0 saturated carbocycles. The van der Waals surface area contributed by atoms with E-state index in [1.54, 1.807) is 43.1 Å². The van der Waals surface area contributed by atoms with E-state index in [1.807, 2.05) is 18.2 Å². The van der Waals surface area contributed by atoms with Crippen molar-refractivity contribution in [3.63, 3.8) is 0 Å². The van der Waals surface area contributed by atoms with Gasteiger partial charge in [0, 0.05) is 22.9 Å². The SMILES string of the molecule is CC(C)S(=O)(=O)Nc1cc(-c2ccc(F)cc2F)cc(-n2cnc3cc(-c4cnco4)ccc32)c1. The predicted octanol–water partition coefficient (Wildman–Crippen LogP) is 5.78. The van der Waals surface area contributed by atoms with Crippen LogP contribution in [0.15, 0.2) is 77.9 Å². The van der Waals surface area contributed by atoms with Crippen LogP contribution >= 0.6 is 0 Å². The lowest BCUT2D eigenvalue weighted by atomic mass is 10.0. The third kappa shape index (κ3) is 4.40. The summed E-state index contributed by atoms with van der Waals surface area (Å²) in [5.41, 5.74) is 3.51. The van der Waals surface area contributed by atoms with E-state index in [0.29, 0.717) is 22.5 Å². The van der Waals surface area contributed by atoms with E-state index in [4.69, 9.17) is 4.42 Å². The van der Waals surface area contributed by atoms with Crippen LogP contribution in [0.25, 0.3) is 39.2 Å². The average Bonchev–Trinajstić information content (AvgIpc) is 3.48. The standard InChI is InChI=1S/C25H20F2N4O3S/c1-15(2)35(32,33)30-19-7-17(21-5-4-18(26)10-22(21)27)8-20(11-19)31-13-29-23-9-16(3-6-24(23)31)25-12-28-14-34-25/h3-15,30H,1-2H3. The number of oxazole rings is 1. The average molecular weight is 495 g/mol. The van der Waals surface area contributed by atoms with E-state index >= 15 is 0 Å². The fraction of sp³-hybridized carbons (Fsp3) is 0.120. The van der Waals surface area contributed by atoms with E-state index in [0.717, 1.165) is 23.2 Å². The van der Waals surface area contributed by atoms with Crippen LogP contribution in [0.3, 0.4) is 0 Å². The topological polar surface area (TPSA) is 90.0 Å². The van der Waals surface area contributed by atoms with Gasteiger partial charge in [0.25, 0.3) is 0 Å². The molecule has 2 aromatic heterocycles. The van der Waals surface area contributed by atoms with E-state index in [9.17, 15) is 17.2 Å². The predicted molar refractivity (Wildman–Crippen MR) is 130 cm³/mol. The van der Waals surface area contributed by atoms with E-state index in [1.165, 1.54) is 18.5 Å². The molecular formula is C25H20F2N4O3S. The Morgan fingerprint density at radius 3 is 2.54 bits per heavy atom. The second-order valence-corrected chi connectivity index (χ2v) is 10.5. The van der Waals surface area contributed by atoms with Gasteiger partial charge in [-0.05, 0) is 67.9 Å². The molecule has 35 heavy (non-hydrogen) atoms. The van der Waals surface area contributed by atoms with Gasteiger partial charge in [-0.3, -0.25) is 9.29 Å². The number of anilines is 1. The molecule has 7 nitrogen and oxygen atoms in total. The largest absolute Gasteiger partial charge is 0.444 e. The van der Waals surface area contributed by atoms with Gasteiger partial charge in [0.05, 0.1) is 28.2 Å². The zero-order valence-corrected chi connectivity index (χ0v) is 19.6. The molecule has 0 radical (unpaired) electrons. The van der Waals surface area contributed by atoms with Crippen molar-refractivity contribution in [2.24, 2.45) is 0 Å². The molecule has 5 rings (SSSR count). The van der Waals surface area contributed by atoms with Crippen molar-refractivity contribution in [2.45, 2.75) is 19.1 Å². The van der Waals surface area contributed by atoms with Crippen molar-refractivity contribution >= 4 is 26.7 Å². The summed E-state index contributed by atoms with van der Waals surface area (Å²) in [4.78, 5) is 8.40. The molecule has 0 aliphatic carbocycles.